The maximum atomic E-state index is 6.14. The highest BCUT2D eigenvalue weighted by Crippen LogP contribution is 2.39. The maximum Gasteiger partial charge on any atom is 0.189 e. The number of thioether (sulfide) groups is 1. The second-order valence-corrected chi connectivity index (χ2v) is 7.51. The molecule has 0 saturated carbocycles. The molecular formula is C16H11BrN4OS2. The number of aromatic nitrogens is 3. The first-order valence-electron chi connectivity index (χ1n) is 6.96. The summed E-state index contributed by atoms with van der Waals surface area (Å²) in [4.78, 5) is 14.4. The Labute approximate surface area is 154 Å². The van der Waals surface area contributed by atoms with Crippen LogP contribution in [-0.2, 0) is 0 Å². The van der Waals surface area contributed by atoms with Crippen LogP contribution in [0.15, 0.2) is 50.1 Å². The molecule has 0 amide bonds. The van der Waals surface area contributed by atoms with Crippen molar-refractivity contribution >= 4 is 54.9 Å². The Hall–Kier alpha value is -1.90. The number of halogens is 1. The number of fused-ring (bicyclic) bond motifs is 1. The van der Waals surface area contributed by atoms with E-state index in [1.54, 1.807) is 0 Å². The Kier molecular flexibility index (Phi) is 4.03. The molecule has 0 aliphatic rings. The molecule has 0 unspecified atom stereocenters. The first kappa shape index (κ1) is 15.6. The number of nitrogen functional groups attached to an aromatic ring is 1. The van der Waals surface area contributed by atoms with Gasteiger partial charge in [0.05, 0.1) is 11.1 Å². The molecule has 2 N–H and O–H groups in total. The molecule has 5 nitrogen and oxygen atoms in total. The minimum Gasteiger partial charge on any atom is -0.443 e. The quantitative estimate of drug-likeness (QED) is 0.369. The van der Waals surface area contributed by atoms with Gasteiger partial charge in [-0.3, -0.25) is 0 Å². The average Bonchev–Trinajstić information content (AvgIpc) is 3.22. The lowest BCUT2D eigenvalue weighted by Gasteiger charge is -2.05. The second kappa shape index (κ2) is 6.19. The van der Waals surface area contributed by atoms with Gasteiger partial charge < -0.3 is 10.2 Å². The Bertz CT molecular complexity index is 1030. The van der Waals surface area contributed by atoms with E-state index in [0.29, 0.717) is 28.0 Å². The summed E-state index contributed by atoms with van der Waals surface area (Å²) in [5, 5.41) is 3.39. The smallest absolute Gasteiger partial charge is 0.189 e. The lowest BCUT2D eigenvalue weighted by atomic mass is 10.1. The van der Waals surface area contributed by atoms with Crippen LogP contribution in [-0.4, -0.2) is 21.2 Å². The fourth-order valence-electron chi connectivity index (χ4n) is 2.43. The number of rotatable bonds is 3. The molecule has 0 radical (unpaired) electrons. The lowest BCUT2D eigenvalue weighted by Crippen LogP contribution is -1.95. The molecule has 24 heavy (non-hydrogen) atoms. The zero-order chi connectivity index (χ0) is 16.7. The van der Waals surface area contributed by atoms with Crippen LogP contribution in [0.4, 0.5) is 5.69 Å². The van der Waals surface area contributed by atoms with Gasteiger partial charge in [-0.25, -0.2) is 15.0 Å². The second-order valence-electron chi connectivity index (χ2n) is 4.97. The van der Waals surface area contributed by atoms with Crippen LogP contribution in [0, 0.1) is 0 Å². The van der Waals surface area contributed by atoms with Gasteiger partial charge in [-0.1, -0.05) is 39.8 Å². The van der Waals surface area contributed by atoms with Gasteiger partial charge in [0.1, 0.15) is 16.2 Å². The Balaban J connectivity index is 1.97. The molecule has 3 heterocycles. The third-order valence-electron chi connectivity index (χ3n) is 3.52. The molecule has 0 aliphatic heterocycles. The highest BCUT2D eigenvalue weighted by Gasteiger charge is 2.20. The maximum absolute atomic E-state index is 6.14. The zero-order valence-corrected chi connectivity index (χ0v) is 15.7. The van der Waals surface area contributed by atoms with Crippen molar-refractivity contribution in [3.05, 3.63) is 40.5 Å². The van der Waals surface area contributed by atoms with E-state index in [1.165, 1.54) is 29.5 Å². The first-order valence-corrected chi connectivity index (χ1v) is 9.85. The molecule has 1 aromatic carbocycles. The Morgan fingerprint density at radius 3 is 2.71 bits per heavy atom. The van der Waals surface area contributed by atoms with Gasteiger partial charge >= 0.3 is 0 Å². The monoisotopic (exact) mass is 418 g/mol. The average molecular weight is 419 g/mol. The van der Waals surface area contributed by atoms with Gasteiger partial charge in [0.15, 0.2) is 17.3 Å². The van der Waals surface area contributed by atoms with Crippen LogP contribution in [0.2, 0.25) is 0 Å². The number of nitrogens with two attached hydrogens (primary N) is 1. The van der Waals surface area contributed by atoms with E-state index in [0.717, 1.165) is 20.3 Å². The molecule has 4 aromatic rings. The lowest BCUT2D eigenvalue weighted by molar-refractivity contribution is 0.572. The predicted molar refractivity (Wildman–Crippen MR) is 102 cm³/mol. The van der Waals surface area contributed by atoms with E-state index < -0.39 is 0 Å². The van der Waals surface area contributed by atoms with E-state index in [1.807, 2.05) is 35.9 Å². The van der Waals surface area contributed by atoms with Gasteiger partial charge in [0, 0.05) is 15.4 Å². The van der Waals surface area contributed by atoms with Crippen molar-refractivity contribution in [2.24, 2.45) is 0 Å². The normalized spacial score (nSPS) is 11.2. The van der Waals surface area contributed by atoms with Crippen molar-refractivity contribution in [1.29, 1.82) is 0 Å². The molecule has 0 aliphatic carbocycles. The Morgan fingerprint density at radius 1 is 1.17 bits per heavy atom. The summed E-state index contributed by atoms with van der Waals surface area (Å²) in [6, 6.07) is 7.87. The molecule has 0 atom stereocenters. The van der Waals surface area contributed by atoms with Gasteiger partial charge in [-0.05, 0) is 18.4 Å². The summed E-state index contributed by atoms with van der Waals surface area (Å²) < 4.78 is 6.66. The van der Waals surface area contributed by atoms with Crippen LogP contribution in [0.25, 0.3) is 32.9 Å². The summed E-state index contributed by atoms with van der Waals surface area (Å²) in [6.07, 6.45) is 3.38. The van der Waals surface area contributed by atoms with Crippen molar-refractivity contribution < 1.29 is 4.42 Å². The number of nitrogens with zero attached hydrogens (tertiary/aromatic N) is 3. The molecule has 0 saturated heterocycles. The molecule has 0 fully saturated rings. The van der Waals surface area contributed by atoms with Crippen LogP contribution in [0.3, 0.4) is 0 Å². The Morgan fingerprint density at radius 2 is 1.96 bits per heavy atom. The molecule has 3 aromatic heterocycles. The SMILES string of the molecule is CSc1nc(-c2ncoc2-c2ccc(Br)cc2)c2c(N)csc2n1. The van der Waals surface area contributed by atoms with E-state index in [4.69, 9.17) is 10.2 Å². The van der Waals surface area contributed by atoms with E-state index >= 15 is 0 Å². The van der Waals surface area contributed by atoms with Gasteiger partial charge in [-0.15, -0.1) is 11.3 Å². The molecule has 120 valence electrons. The molecule has 0 spiro atoms. The number of hydrogen-bond donors (Lipinski definition) is 1. The molecule has 4 rings (SSSR count). The van der Waals surface area contributed by atoms with Gasteiger partial charge in [0.2, 0.25) is 0 Å². The molecular weight excluding hydrogens is 408 g/mol. The fourth-order valence-corrected chi connectivity index (χ4v) is 3.94. The van der Waals surface area contributed by atoms with E-state index in [9.17, 15) is 0 Å². The summed E-state index contributed by atoms with van der Waals surface area (Å²) in [7, 11) is 0. The van der Waals surface area contributed by atoms with Crippen LogP contribution in [0.1, 0.15) is 0 Å². The fraction of sp³-hybridized carbons (Fsp3) is 0.0625. The minimum absolute atomic E-state index is 0.655. The summed E-state index contributed by atoms with van der Waals surface area (Å²) in [6.45, 7) is 0. The molecule has 8 heteroatoms. The third-order valence-corrected chi connectivity index (χ3v) is 5.49. The van der Waals surface area contributed by atoms with Crippen LogP contribution in [0.5, 0.6) is 0 Å². The summed E-state index contributed by atoms with van der Waals surface area (Å²) >= 11 is 6.43. The van der Waals surface area contributed by atoms with Crippen molar-refractivity contribution in [3.63, 3.8) is 0 Å². The van der Waals surface area contributed by atoms with Crippen molar-refractivity contribution in [3.8, 4) is 22.7 Å². The minimum atomic E-state index is 0.655. The van der Waals surface area contributed by atoms with Gasteiger partial charge in [-0.2, -0.15) is 0 Å². The van der Waals surface area contributed by atoms with Crippen molar-refractivity contribution in [2.45, 2.75) is 5.16 Å². The highest BCUT2D eigenvalue weighted by molar-refractivity contribution is 9.10. The predicted octanol–water partition coefficient (Wildman–Crippen LogP) is 5.08. The first-order chi connectivity index (χ1) is 11.7. The third kappa shape index (κ3) is 2.60. The van der Waals surface area contributed by atoms with Crippen LogP contribution >= 0.6 is 39.0 Å². The highest BCUT2D eigenvalue weighted by atomic mass is 79.9. The van der Waals surface area contributed by atoms with E-state index in [-0.39, 0.29) is 0 Å². The number of oxazole rings is 1. The van der Waals surface area contributed by atoms with Gasteiger partial charge in [0.25, 0.3) is 0 Å². The van der Waals surface area contributed by atoms with Crippen molar-refractivity contribution in [2.75, 3.05) is 12.0 Å². The number of anilines is 1. The number of benzene rings is 1. The zero-order valence-electron chi connectivity index (χ0n) is 12.5. The number of thiophene rings is 1. The van der Waals surface area contributed by atoms with Crippen LogP contribution < -0.4 is 5.73 Å². The number of hydrogen-bond acceptors (Lipinski definition) is 7. The topological polar surface area (TPSA) is 77.8 Å². The van der Waals surface area contributed by atoms with Crippen molar-refractivity contribution in [1.82, 2.24) is 15.0 Å². The summed E-state index contributed by atoms with van der Waals surface area (Å²) in [5.74, 6) is 0.667. The summed E-state index contributed by atoms with van der Waals surface area (Å²) in [5.41, 5.74) is 9.10. The standard InChI is InChI=1S/C16H11BrN4OS2/c1-23-16-20-12(11-10(18)6-24-15(11)21-16)13-14(22-7-19-13)8-2-4-9(17)5-3-8/h2-7H,18H2,1H3. The largest absolute Gasteiger partial charge is 0.443 e. The molecule has 0 bridgehead atoms. The van der Waals surface area contributed by atoms with E-state index in [2.05, 4.69) is 30.9 Å².